The number of fused-ring (bicyclic) bond motifs is 1. The molecule has 0 saturated carbocycles. The number of hydrogen-bond donors (Lipinski definition) is 1. The molecule has 0 radical (unpaired) electrons. The lowest BCUT2D eigenvalue weighted by atomic mass is 10.0. The molecular formula is C25H24N4O2. The SMILES string of the molecule is O=C(Nc1ccc(CN2Cc3ccccc3C2=O)cc1)N1CCC(c2cccnc2)C1. The van der Waals surface area contributed by atoms with Crippen LogP contribution in [0.5, 0.6) is 0 Å². The van der Waals surface area contributed by atoms with Gasteiger partial charge in [-0.15, -0.1) is 0 Å². The van der Waals surface area contributed by atoms with Crippen LogP contribution in [0.25, 0.3) is 0 Å². The molecule has 5 rings (SSSR count). The Hall–Kier alpha value is -3.67. The van der Waals surface area contributed by atoms with E-state index in [0.29, 0.717) is 25.6 Å². The Morgan fingerprint density at radius 1 is 1.06 bits per heavy atom. The van der Waals surface area contributed by atoms with Gasteiger partial charge in [-0.3, -0.25) is 9.78 Å². The number of pyridine rings is 1. The highest BCUT2D eigenvalue weighted by Crippen LogP contribution is 2.27. The van der Waals surface area contributed by atoms with Gasteiger partial charge in [-0.05, 0) is 47.4 Å². The van der Waals surface area contributed by atoms with Crippen LogP contribution in [-0.4, -0.2) is 39.8 Å². The van der Waals surface area contributed by atoms with Gasteiger partial charge in [-0.2, -0.15) is 0 Å². The van der Waals surface area contributed by atoms with Crippen LogP contribution in [-0.2, 0) is 13.1 Å². The largest absolute Gasteiger partial charge is 0.330 e. The summed E-state index contributed by atoms with van der Waals surface area (Å²) in [4.78, 5) is 33.1. The minimum atomic E-state index is -0.0793. The van der Waals surface area contributed by atoms with Crippen LogP contribution < -0.4 is 5.32 Å². The average molecular weight is 412 g/mol. The zero-order valence-corrected chi connectivity index (χ0v) is 17.2. The topological polar surface area (TPSA) is 65.5 Å². The van der Waals surface area contributed by atoms with Crippen molar-refractivity contribution >= 4 is 17.6 Å². The Bertz CT molecular complexity index is 1100. The molecule has 1 atom stereocenters. The van der Waals surface area contributed by atoms with Crippen molar-refractivity contribution in [2.24, 2.45) is 0 Å². The fourth-order valence-corrected chi connectivity index (χ4v) is 4.39. The molecule has 2 aliphatic heterocycles. The van der Waals surface area contributed by atoms with Crippen molar-refractivity contribution < 1.29 is 9.59 Å². The maximum absolute atomic E-state index is 12.7. The molecule has 2 aliphatic rings. The summed E-state index contributed by atoms with van der Waals surface area (Å²) >= 11 is 0. The van der Waals surface area contributed by atoms with Gasteiger partial charge in [0.2, 0.25) is 0 Å². The third-order valence-electron chi connectivity index (χ3n) is 6.11. The lowest BCUT2D eigenvalue weighted by Crippen LogP contribution is -2.32. The number of anilines is 1. The molecule has 3 amide bonds. The van der Waals surface area contributed by atoms with E-state index in [1.165, 1.54) is 5.56 Å². The summed E-state index contributed by atoms with van der Waals surface area (Å²) in [6, 6.07) is 19.4. The average Bonchev–Trinajstić information content (AvgIpc) is 3.42. The van der Waals surface area contributed by atoms with E-state index in [4.69, 9.17) is 0 Å². The molecule has 1 saturated heterocycles. The van der Waals surface area contributed by atoms with Gasteiger partial charge in [-0.25, -0.2) is 4.79 Å². The van der Waals surface area contributed by atoms with Crippen LogP contribution in [0.4, 0.5) is 10.5 Å². The van der Waals surface area contributed by atoms with Crippen molar-refractivity contribution in [1.29, 1.82) is 0 Å². The first-order valence-electron chi connectivity index (χ1n) is 10.6. The number of likely N-dealkylation sites (tertiary alicyclic amines) is 1. The van der Waals surface area contributed by atoms with Crippen LogP contribution in [0.3, 0.4) is 0 Å². The van der Waals surface area contributed by atoms with E-state index in [1.54, 1.807) is 6.20 Å². The maximum atomic E-state index is 12.7. The summed E-state index contributed by atoms with van der Waals surface area (Å²) in [5.74, 6) is 0.411. The number of nitrogens with zero attached hydrogens (tertiary/aromatic N) is 3. The van der Waals surface area contributed by atoms with Crippen molar-refractivity contribution in [2.45, 2.75) is 25.4 Å². The summed E-state index contributed by atoms with van der Waals surface area (Å²) < 4.78 is 0. The van der Waals surface area contributed by atoms with Gasteiger partial charge in [0.05, 0.1) is 0 Å². The number of rotatable bonds is 4. The molecule has 0 spiro atoms. The van der Waals surface area contributed by atoms with Crippen molar-refractivity contribution in [3.05, 3.63) is 95.3 Å². The maximum Gasteiger partial charge on any atom is 0.321 e. The van der Waals surface area contributed by atoms with Gasteiger partial charge in [0, 0.05) is 55.7 Å². The molecule has 1 fully saturated rings. The molecule has 1 aromatic heterocycles. The molecule has 6 heteroatoms. The van der Waals surface area contributed by atoms with E-state index >= 15 is 0 Å². The second kappa shape index (κ2) is 8.22. The molecule has 0 bridgehead atoms. The van der Waals surface area contributed by atoms with Crippen LogP contribution in [0.2, 0.25) is 0 Å². The second-order valence-electron chi connectivity index (χ2n) is 8.16. The van der Waals surface area contributed by atoms with Gasteiger partial charge >= 0.3 is 6.03 Å². The highest BCUT2D eigenvalue weighted by Gasteiger charge is 2.28. The molecule has 0 aliphatic carbocycles. The smallest absolute Gasteiger partial charge is 0.321 e. The minimum absolute atomic E-state index is 0.0742. The van der Waals surface area contributed by atoms with Crippen molar-refractivity contribution in [2.75, 3.05) is 18.4 Å². The van der Waals surface area contributed by atoms with E-state index in [9.17, 15) is 9.59 Å². The molecular weight excluding hydrogens is 388 g/mol. The zero-order chi connectivity index (χ0) is 21.2. The van der Waals surface area contributed by atoms with E-state index in [0.717, 1.165) is 35.3 Å². The first-order chi connectivity index (χ1) is 15.2. The number of amides is 3. The van der Waals surface area contributed by atoms with Crippen molar-refractivity contribution in [3.8, 4) is 0 Å². The van der Waals surface area contributed by atoms with E-state index in [1.807, 2.05) is 70.6 Å². The van der Waals surface area contributed by atoms with Gasteiger partial charge in [0.15, 0.2) is 0 Å². The normalized spacial score (nSPS) is 17.7. The molecule has 156 valence electrons. The highest BCUT2D eigenvalue weighted by atomic mass is 16.2. The highest BCUT2D eigenvalue weighted by molar-refractivity contribution is 5.98. The van der Waals surface area contributed by atoms with Gasteiger partial charge in [0.1, 0.15) is 0 Å². The Labute approximate surface area is 181 Å². The fourth-order valence-electron chi connectivity index (χ4n) is 4.39. The molecule has 1 N–H and O–H groups in total. The molecule has 3 heterocycles. The number of benzene rings is 2. The lowest BCUT2D eigenvalue weighted by Gasteiger charge is -2.18. The Balaban J connectivity index is 1.17. The monoisotopic (exact) mass is 412 g/mol. The van der Waals surface area contributed by atoms with E-state index < -0.39 is 0 Å². The van der Waals surface area contributed by atoms with Gasteiger partial charge < -0.3 is 15.1 Å². The summed E-state index contributed by atoms with van der Waals surface area (Å²) in [7, 11) is 0. The van der Waals surface area contributed by atoms with Crippen LogP contribution in [0, 0.1) is 0 Å². The third kappa shape index (κ3) is 4.01. The standard InChI is InChI=1S/C25H24N4O2/c30-24-23-6-2-1-4-21(23)17-29(24)15-18-7-9-22(10-8-18)27-25(31)28-13-11-20(16-28)19-5-3-12-26-14-19/h1-10,12,14,20H,11,13,15-17H2,(H,27,31). The lowest BCUT2D eigenvalue weighted by molar-refractivity contribution is 0.0766. The predicted octanol–water partition coefficient (Wildman–Crippen LogP) is 4.26. The Kier molecular flexibility index (Phi) is 5.12. The van der Waals surface area contributed by atoms with Crippen molar-refractivity contribution in [3.63, 3.8) is 0 Å². The summed E-state index contributed by atoms with van der Waals surface area (Å²) in [5.41, 5.74) is 4.85. The van der Waals surface area contributed by atoms with E-state index in [-0.39, 0.29) is 11.9 Å². The van der Waals surface area contributed by atoms with E-state index in [2.05, 4.69) is 16.4 Å². The van der Waals surface area contributed by atoms with Crippen LogP contribution in [0.1, 0.15) is 39.4 Å². The van der Waals surface area contributed by atoms with Gasteiger partial charge in [-0.1, -0.05) is 36.4 Å². The molecule has 1 unspecified atom stereocenters. The molecule has 3 aromatic rings. The first-order valence-corrected chi connectivity index (χ1v) is 10.6. The summed E-state index contributed by atoms with van der Waals surface area (Å²) in [6.45, 7) is 2.63. The molecule has 31 heavy (non-hydrogen) atoms. The Morgan fingerprint density at radius 2 is 1.90 bits per heavy atom. The zero-order valence-electron chi connectivity index (χ0n) is 17.2. The summed E-state index contributed by atoms with van der Waals surface area (Å²) in [6.07, 6.45) is 4.60. The van der Waals surface area contributed by atoms with Crippen molar-refractivity contribution in [1.82, 2.24) is 14.8 Å². The second-order valence-corrected chi connectivity index (χ2v) is 8.16. The number of hydrogen-bond acceptors (Lipinski definition) is 3. The first kappa shape index (κ1) is 19.3. The summed E-state index contributed by atoms with van der Waals surface area (Å²) in [5, 5.41) is 2.99. The minimum Gasteiger partial charge on any atom is -0.330 e. The van der Waals surface area contributed by atoms with Crippen LogP contribution in [0.15, 0.2) is 73.1 Å². The number of aromatic nitrogens is 1. The number of carbonyl (C=O) groups excluding carboxylic acids is 2. The molecule has 6 nitrogen and oxygen atoms in total. The predicted molar refractivity (Wildman–Crippen MR) is 119 cm³/mol. The third-order valence-corrected chi connectivity index (χ3v) is 6.11. The van der Waals surface area contributed by atoms with Crippen LogP contribution >= 0.6 is 0 Å². The Morgan fingerprint density at radius 3 is 2.68 bits per heavy atom. The number of nitrogens with one attached hydrogen (secondary N) is 1. The number of urea groups is 1. The fraction of sp³-hybridized carbons (Fsp3) is 0.240. The molecule has 2 aromatic carbocycles. The quantitative estimate of drug-likeness (QED) is 0.696. The number of carbonyl (C=O) groups is 2. The van der Waals surface area contributed by atoms with Gasteiger partial charge in [0.25, 0.3) is 5.91 Å².